The van der Waals surface area contributed by atoms with E-state index in [1.807, 2.05) is 50.2 Å². The molecular formula is C29H37N5O2S. The average molecular weight is 520 g/mol. The van der Waals surface area contributed by atoms with E-state index in [0.717, 1.165) is 49.4 Å². The summed E-state index contributed by atoms with van der Waals surface area (Å²) in [6, 6.07) is 15.3. The second-order valence-corrected chi connectivity index (χ2v) is 10.0. The maximum atomic E-state index is 13.0. The predicted octanol–water partition coefficient (Wildman–Crippen LogP) is 5.15. The van der Waals surface area contributed by atoms with Crippen LogP contribution in [0.15, 0.2) is 59.0 Å². The number of amides is 2. The van der Waals surface area contributed by atoms with E-state index in [4.69, 9.17) is 0 Å². The number of aryl methyl sites for hydroxylation is 2. The summed E-state index contributed by atoms with van der Waals surface area (Å²) in [5.41, 5.74) is 7.83. The van der Waals surface area contributed by atoms with E-state index in [-0.39, 0.29) is 11.8 Å². The highest BCUT2D eigenvalue weighted by atomic mass is 32.1. The van der Waals surface area contributed by atoms with Crippen molar-refractivity contribution in [1.82, 2.24) is 15.2 Å². The molecule has 0 spiro atoms. The highest BCUT2D eigenvalue weighted by Crippen LogP contribution is 2.24. The van der Waals surface area contributed by atoms with Gasteiger partial charge in [0.25, 0.3) is 11.8 Å². The van der Waals surface area contributed by atoms with Gasteiger partial charge in [-0.05, 0) is 79.8 Å². The Balaban J connectivity index is 1.59. The molecule has 1 aromatic heterocycles. The number of rotatable bonds is 12. The second-order valence-electron chi connectivity index (χ2n) is 9.13. The molecule has 3 aromatic rings. The zero-order valence-electron chi connectivity index (χ0n) is 22.4. The van der Waals surface area contributed by atoms with Crippen molar-refractivity contribution >= 4 is 34.4 Å². The van der Waals surface area contributed by atoms with E-state index >= 15 is 0 Å². The number of hydrogen-bond donors (Lipinski definition) is 2. The van der Waals surface area contributed by atoms with Crippen molar-refractivity contribution in [2.24, 2.45) is 5.10 Å². The molecule has 2 amide bonds. The summed E-state index contributed by atoms with van der Waals surface area (Å²) in [5, 5.41) is 9.24. The highest BCUT2D eigenvalue weighted by Gasteiger charge is 2.16. The van der Waals surface area contributed by atoms with E-state index in [9.17, 15) is 9.59 Å². The molecule has 1 heterocycles. The van der Waals surface area contributed by atoms with Gasteiger partial charge in [0.05, 0.1) is 11.8 Å². The number of carbonyl (C=O) groups excluding carboxylic acids is 2. The third-order valence-electron chi connectivity index (χ3n) is 6.38. The van der Waals surface area contributed by atoms with Gasteiger partial charge in [0, 0.05) is 25.2 Å². The number of hydrazone groups is 1. The Bertz CT molecular complexity index is 1230. The fourth-order valence-corrected chi connectivity index (χ4v) is 4.66. The smallest absolute Gasteiger partial charge is 0.274 e. The van der Waals surface area contributed by atoms with Gasteiger partial charge in [-0.1, -0.05) is 44.2 Å². The van der Waals surface area contributed by atoms with Crippen LogP contribution in [0.3, 0.4) is 0 Å². The zero-order chi connectivity index (χ0) is 26.8. The molecule has 8 heteroatoms. The molecule has 196 valence electrons. The van der Waals surface area contributed by atoms with Crippen molar-refractivity contribution in [3.05, 3.63) is 87.3 Å². The fraction of sp³-hybridized carbons (Fsp3) is 0.345. The number of thiophene rings is 1. The predicted molar refractivity (Wildman–Crippen MR) is 154 cm³/mol. The van der Waals surface area contributed by atoms with E-state index in [0.29, 0.717) is 16.1 Å². The van der Waals surface area contributed by atoms with Gasteiger partial charge in [-0.2, -0.15) is 5.10 Å². The van der Waals surface area contributed by atoms with Crippen molar-refractivity contribution in [2.75, 3.05) is 38.5 Å². The number of nitrogens with zero attached hydrogens (tertiary/aromatic N) is 3. The van der Waals surface area contributed by atoms with Crippen molar-refractivity contribution in [1.29, 1.82) is 0 Å². The fourth-order valence-electron chi connectivity index (χ4n) is 3.88. The highest BCUT2D eigenvalue weighted by molar-refractivity contribution is 7.14. The van der Waals surface area contributed by atoms with Crippen LogP contribution in [0.5, 0.6) is 0 Å². The van der Waals surface area contributed by atoms with Gasteiger partial charge in [0.15, 0.2) is 0 Å². The Morgan fingerprint density at radius 3 is 2.49 bits per heavy atom. The molecule has 2 N–H and O–H groups in total. The number of likely N-dealkylation sites (N-methyl/N-ethyl adjacent to an activating group) is 2. The third-order valence-corrected chi connectivity index (χ3v) is 7.21. The van der Waals surface area contributed by atoms with Crippen LogP contribution in [0.4, 0.5) is 5.00 Å². The maximum Gasteiger partial charge on any atom is 0.274 e. The molecule has 2 aromatic carbocycles. The minimum Gasteiger partial charge on any atom is -0.313 e. The van der Waals surface area contributed by atoms with Crippen LogP contribution in [0.1, 0.15) is 56.8 Å². The molecule has 0 aliphatic rings. The first kappa shape index (κ1) is 28.2. The molecule has 3 rings (SSSR count). The maximum absolute atomic E-state index is 13.0. The Morgan fingerprint density at radius 1 is 0.973 bits per heavy atom. The lowest BCUT2D eigenvalue weighted by Crippen LogP contribution is -2.32. The van der Waals surface area contributed by atoms with Crippen molar-refractivity contribution in [3.8, 4) is 0 Å². The second kappa shape index (κ2) is 13.8. The van der Waals surface area contributed by atoms with Crippen molar-refractivity contribution in [3.63, 3.8) is 0 Å². The summed E-state index contributed by atoms with van der Waals surface area (Å²) in [4.78, 5) is 30.3. The normalized spacial score (nSPS) is 11.4. The standard InChI is InChI=1S/C29H37N5O2S/c1-6-34(7-2)15-14-33(5)20-24-9-8-10-25(18-24)27(35)31-29-26(13-16-37-29)28(36)32-30-19-23-12-11-21(3)22(4)17-23/h8-13,16-19H,6-7,14-15,20H2,1-5H3,(H,31,35)(H,32,36). The number of benzene rings is 2. The summed E-state index contributed by atoms with van der Waals surface area (Å²) >= 11 is 1.31. The van der Waals surface area contributed by atoms with Crippen LogP contribution in [0.25, 0.3) is 0 Å². The van der Waals surface area contributed by atoms with Gasteiger partial charge in [0.2, 0.25) is 0 Å². The van der Waals surface area contributed by atoms with E-state index in [1.165, 1.54) is 16.9 Å². The number of anilines is 1. The van der Waals surface area contributed by atoms with Crippen LogP contribution in [-0.4, -0.2) is 61.1 Å². The van der Waals surface area contributed by atoms with Crippen LogP contribution in [-0.2, 0) is 6.54 Å². The molecule has 0 aliphatic carbocycles. The van der Waals surface area contributed by atoms with E-state index in [2.05, 4.69) is 46.5 Å². The van der Waals surface area contributed by atoms with Crippen LogP contribution in [0.2, 0.25) is 0 Å². The van der Waals surface area contributed by atoms with Crippen molar-refractivity contribution in [2.45, 2.75) is 34.2 Å². The van der Waals surface area contributed by atoms with Crippen LogP contribution >= 0.6 is 11.3 Å². The molecule has 0 radical (unpaired) electrons. The Hall–Kier alpha value is -3.33. The molecule has 7 nitrogen and oxygen atoms in total. The molecule has 37 heavy (non-hydrogen) atoms. The number of nitrogens with one attached hydrogen (secondary N) is 2. The molecule has 0 unspecified atom stereocenters. The lowest BCUT2D eigenvalue weighted by molar-refractivity contribution is 0.0956. The topological polar surface area (TPSA) is 77.0 Å². The van der Waals surface area contributed by atoms with Gasteiger partial charge in [-0.3, -0.25) is 9.59 Å². The number of hydrogen-bond acceptors (Lipinski definition) is 6. The minimum absolute atomic E-state index is 0.247. The lowest BCUT2D eigenvalue weighted by Gasteiger charge is -2.23. The zero-order valence-corrected chi connectivity index (χ0v) is 23.2. The Kier molecular flexibility index (Phi) is 10.6. The summed E-state index contributed by atoms with van der Waals surface area (Å²) in [7, 11) is 2.09. The van der Waals surface area contributed by atoms with Crippen molar-refractivity contribution < 1.29 is 9.59 Å². The molecular weight excluding hydrogens is 482 g/mol. The monoisotopic (exact) mass is 519 g/mol. The largest absolute Gasteiger partial charge is 0.313 e. The van der Waals surface area contributed by atoms with Crippen LogP contribution < -0.4 is 10.7 Å². The van der Waals surface area contributed by atoms with Crippen LogP contribution in [0, 0.1) is 13.8 Å². The summed E-state index contributed by atoms with van der Waals surface area (Å²) in [6.07, 6.45) is 1.61. The summed E-state index contributed by atoms with van der Waals surface area (Å²) < 4.78 is 0. The minimum atomic E-state index is -0.375. The molecule has 0 saturated heterocycles. The van der Waals surface area contributed by atoms with E-state index < -0.39 is 0 Å². The lowest BCUT2D eigenvalue weighted by atomic mass is 10.1. The number of carbonyl (C=O) groups is 2. The first-order valence-electron chi connectivity index (χ1n) is 12.6. The SMILES string of the molecule is CCN(CC)CCN(C)Cc1cccc(C(=O)Nc2sccc2C(=O)NN=Cc2ccc(C)c(C)c2)c1. The molecule has 0 saturated carbocycles. The molecule has 0 atom stereocenters. The van der Waals surface area contributed by atoms with Gasteiger partial charge < -0.3 is 15.1 Å². The van der Waals surface area contributed by atoms with Gasteiger partial charge in [0.1, 0.15) is 5.00 Å². The molecule has 0 bridgehead atoms. The molecule has 0 aliphatic heterocycles. The average Bonchev–Trinajstić information content (AvgIpc) is 3.35. The first-order chi connectivity index (χ1) is 17.8. The summed E-state index contributed by atoms with van der Waals surface area (Å²) in [6.45, 7) is 13.2. The first-order valence-corrected chi connectivity index (χ1v) is 13.5. The third kappa shape index (κ3) is 8.35. The Labute approximate surface area is 224 Å². The Morgan fingerprint density at radius 2 is 1.76 bits per heavy atom. The van der Waals surface area contributed by atoms with Gasteiger partial charge in [-0.15, -0.1) is 11.3 Å². The summed E-state index contributed by atoms with van der Waals surface area (Å²) in [5.74, 6) is -0.622. The van der Waals surface area contributed by atoms with Gasteiger partial charge in [-0.25, -0.2) is 5.43 Å². The molecule has 0 fully saturated rings. The van der Waals surface area contributed by atoms with E-state index in [1.54, 1.807) is 23.7 Å². The van der Waals surface area contributed by atoms with Gasteiger partial charge >= 0.3 is 0 Å². The quantitative estimate of drug-likeness (QED) is 0.256.